The van der Waals surface area contributed by atoms with Crippen LogP contribution in [-0.4, -0.2) is 46.3 Å². The summed E-state index contributed by atoms with van der Waals surface area (Å²) in [7, 11) is 0. The summed E-state index contributed by atoms with van der Waals surface area (Å²) in [6.45, 7) is 5.23. The molecule has 6 nitrogen and oxygen atoms in total. The van der Waals surface area contributed by atoms with E-state index >= 15 is 0 Å². The van der Waals surface area contributed by atoms with Crippen LogP contribution >= 0.6 is 23.5 Å². The van der Waals surface area contributed by atoms with Crippen molar-refractivity contribution in [2.45, 2.75) is 70.8 Å². The van der Waals surface area contributed by atoms with E-state index in [4.69, 9.17) is 16.6 Å². The van der Waals surface area contributed by atoms with Crippen LogP contribution in [0.15, 0.2) is 17.1 Å². The van der Waals surface area contributed by atoms with Crippen LogP contribution in [0.4, 0.5) is 5.69 Å². The van der Waals surface area contributed by atoms with Crippen molar-refractivity contribution in [3.63, 3.8) is 0 Å². The van der Waals surface area contributed by atoms with E-state index in [2.05, 4.69) is 14.9 Å². The van der Waals surface area contributed by atoms with Gasteiger partial charge in [-0.15, -0.1) is 0 Å². The zero-order valence-corrected chi connectivity index (χ0v) is 20.6. The Morgan fingerprint density at radius 2 is 2.00 bits per heavy atom. The van der Waals surface area contributed by atoms with Gasteiger partial charge in [-0.3, -0.25) is 18.9 Å². The molecule has 2 N–H and O–H groups in total. The van der Waals surface area contributed by atoms with E-state index in [1.165, 1.54) is 31.7 Å². The van der Waals surface area contributed by atoms with Crippen molar-refractivity contribution < 1.29 is 9.59 Å². The number of benzene rings is 1. The van der Waals surface area contributed by atoms with Crippen LogP contribution < -0.4 is 10.6 Å². The molecule has 2 heterocycles. The van der Waals surface area contributed by atoms with Crippen molar-refractivity contribution in [2.24, 2.45) is 10.9 Å². The van der Waals surface area contributed by atoms with Crippen LogP contribution in [0.3, 0.4) is 0 Å². The predicted molar refractivity (Wildman–Crippen MR) is 132 cm³/mol. The molecule has 8 heteroatoms. The minimum absolute atomic E-state index is 0.118. The van der Waals surface area contributed by atoms with Crippen LogP contribution in [0, 0.1) is 12.8 Å². The van der Waals surface area contributed by atoms with Crippen LogP contribution in [-0.2, 0) is 16.0 Å². The van der Waals surface area contributed by atoms with Crippen molar-refractivity contribution >= 4 is 46.9 Å². The molecule has 32 heavy (non-hydrogen) atoms. The van der Waals surface area contributed by atoms with Gasteiger partial charge in [-0.25, -0.2) is 0 Å². The van der Waals surface area contributed by atoms with Gasteiger partial charge in [-0.05, 0) is 56.2 Å². The Balaban J connectivity index is 1.28. The molecule has 2 amide bonds. The Bertz CT molecular complexity index is 906. The highest BCUT2D eigenvalue weighted by Gasteiger charge is 2.46. The third kappa shape index (κ3) is 5.15. The maximum atomic E-state index is 12.8. The van der Waals surface area contributed by atoms with Gasteiger partial charge in [0.15, 0.2) is 0 Å². The molecule has 1 aliphatic carbocycles. The van der Waals surface area contributed by atoms with Gasteiger partial charge >= 0.3 is 0 Å². The fourth-order valence-electron chi connectivity index (χ4n) is 5.00. The van der Waals surface area contributed by atoms with Crippen LogP contribution in [0.25, 0.3) is 0 Å². The lowest BCUT2D eigenvalue weighted by atomic mass is 9.88. The minimum atomic E-state index is -0.534. The van der Waals surface area contributed by atoms with Crippen molar-refractivity contribution in [3.05, 3.63) is 28.3 Å². The lowest BCUT2D eigenvalue weighted by Crippen LogP contribution is -2.47. The largest absolute Gasteiger partial charge is 0.325 e. The van der Waals surface area contributed by atoms with Gasteiger partial charge in [0.1, 0.15) is 11.4 Å². The monoisotopic (exact) mass is 476 g/mol. The molecule has 2 fully saturated rings. The Morgan fingerprint density at radius 1 is 1.28 bits per heavy atom. The summed E-state index contributed by atoms with van der Waals surface area (Å²) in [5.74, 6) is 2.36. The molecular formula is C24H33ClN4O2S. The van der Waals surface area contributed by atoms with Gasteiger partial charge in [0, 0.05) is 31.7 Å². The highest BCUT2D eigenvalue weighted by atomic mass is 35.5. The van der Waals surface area contributed by atoms with E-state index in [-0.39, 0.29) is 11.8 Å². The summed E-state index contributed by atoms with van der Waals surface area (Å²) in [6.07, 6.45) is 8.60. The van der Waals surface area contributed by atoms with E-state index in [0.717, 1.165) is 62.3 Å². The fraction of sp³-hybridized carbons (Fsp3) is 0.625. The standard InChI is InChI=1S/C24H33ClN4O2S/c1-16-18(8-9-20(21(16)25)26-17(2)30)10-15-32-29-13-11-24(12-14-29)23(31)27-22(28-24)19-6-4-3-5-7-19/h8-9,19H,3-7,10-15H2,1-2H3,(H,26,30)(H,27,28,31). The first kappa shape index (κ1) is 23.6. The van der Waals surface area contributed by atoms with Gasteiger partial charge in [0.2, 0.25) is 5.91 Å². The summed E-state index contributed by atoms with van der Waals surface area (Å²) < 4.78 is 2.37. The van der Waals surface area contributed by atoms with E-state index in [1.54, 1.807) is 0 Å². The number of amidine groups is 1. The average molecular weight is 477 g/mol. The molecule has 1 saturated heterocycles. The molecule has 1 spiro atoms. The minimum Gasteiger partial charge on any atom is -0.325 e. The SMILES string of the molecule is CC(=O)Nc1ccc(CCSN2CCC3(CC2)N=C(C2CCCCC2)NC3=O)c(C)c1Cl. The van der Waals surface area contributed by atoms with Gasteiger partial charge in [0.05, 0.1) is 10.7 Å². The van der Waals surface area contributed by atoms with Crippen molar-refractivity contribution in [1.29, 1.82) is 0 Å². The third-order valence-electron chi connectivity index (χ3n) is 6.99. The second kappa shape index (κ2) is 10.1. The van der Waals surface area contributed by atoms with Gasteiger partial charge in [-0.1, -0.05) is 48.9 Å². The van der Waals surface area contributed by atoms with E-state index in [1.807, 2.05) is 31.0 Å². The normalized spacial score (nSPS) is 21.5. The number of nitrogens with zero attached hydrogens (tertiary/aromatic N) is 2. The molecule has 1 aromatic rings. The predicted octanol–water partition coefficient (Wildman–Crippen LogP) is 4.74. The van der Waals surface area contributed by atoms with E-state index in [9.17, 15) is 9.59 Å². The van der Waals surface area contributed by atoms with Crippen molar-refractivity contribution in [2.75, 3.05) is 24.2 Å². The summed E-state index contributed by atoms with van der Waals surface area (Å²) in [4.78, 5) is 29.1. The second-order valence-corrected chi connectivity index (χ2v) is 10.8. The molecule has 0 aromatic heterocycles. The first-order chi connectivity index (χ1) is 15.4. The highest BCUT2D eigenvalue weighted by molar-refractivity contribution is 7.97. The summed E-state index contributed by atoms with van der Waals surface area (Å²) in [6, 6.07) is 3.92. The Hall–Kier alpha value is -1.57. The lowest BCUT2D eigenvalue weighted by molar-refractivity contribution is -0.125. The zero-order chi connectivity index (χ0) is 22.7. The number of halogens is 1. The molecule has 1 aromatic carbocycles. The number of anilines is 1. The quantitative estimate of drug-likeness (QED) is 0.581. The number of rotatable bonds is 6. The topological polar surface area (TPSA) is 73.8 Å². The maximum Gasteiger partial charge on any atom is 0.253 e. The number of aryl methyl sites for hydroxylation is 1. The van der Waals surface area contributed by atoms with Crippen molar-refractivity contribution in [1.82, 2.24) is 9.62 Å². The van der Waals surface area contributed by atoms with Crippen LogP contribution in [0.5, 0.6) is 0 Å². The molecule has 0 radical (unpaired) electrons. The van der Waals surface area contributed by atoms with Gasteiger partial charge in [0.25, 0.3) is 5.91 Å². The number of hydrogen-bond donors (Lipinski definition) is 2. The summed E-state index contributed by atoms with van der Waals surface area (Å²) in [5, 5.41) is 6.52. The molecule has 3 aliphatic rings. The fourth-order valence-corrected chi connectivity index (χ4v) is 6.24. The molecular weight excluding hydrogens is 444 g/mol. The number of nitrogens with one attached hydrogen (secondary N) is 2. The number of hydrogen-bond acceptors (Lipinski definition) is 5. The molecule has 174 valence electrons. The first-order valence-electron chi connectivity index (χ1n) is 11.7. The molecule has 0 bridgehead atoms. The Morgan fingerprint density at radius 3 is 2.69 bits per heavy atom. The summed E-state index contributed by atoms with van der Waals surface area (Å²) >= 11 is 8.27. The molecule has 0 unspecified atom stereocenters. The maximum absolute atomic E-state index is 12.8. The number of amides is 2. The number of carbonyl (C=O) groups excluding carboxylic acids is 2. The second-order valence-electron chi connectivity index (χ2n) is 9.22. The molecule has 0 atom stereocenters. The lowest BCUT2D eigenvalue weighted by Gasteiger charge is -2.34. The number of piperidine rings is 1. The number of aliphatic imine (C=N–C) groups is 1. The zero-order valence-electron chi connectivity index (χ0n) is 19.0. The first-order valence-corrected chi connectivity index (χ1v) is 13.0. The molecule has 1 saturated carbocycles. The van der Waals surface area contributed by atoms with Gasteiger partial charge in [-0.2, -0.15) is 0 Å². The Labute approximate surface area is 200 Å². The van der Waals surface area contributed by atoms with Crippen molar-refractivity contribution in [3.8, 4) is 0 Å². The van der Waals surface area contributed by atoms with E-state index < -0.39 is 5.54 Å². The number of carbonyl (C=O) groups is 2. The average Bonchev–Trinajstić information content (AvgIpc) is 3.10. The van der Waals surface area contributed by atoms with E-state index in [0.29, 0.717) is 16.6 Å². The van der Waals surface area contributed by atoms with Crippen LogP contribution in [0.2, 0.25) is 5.02 Å². The van der Waals surface area contributed by atoms with Gasteiger partial charge < -0.3 is 10.6 Å². The third-order valence-corrected chi connectivity index (χ3v) is 8.60. The highest BCUT2D eigenvalue weighted by Crippen LogP contribution is 2.36. The Kier molecular flexibility index (Phi) is 7.47. The van der Waals surface area contributed by atoms with Crippen LogP contribution in [0.1, 0.15) is 63.0 Å². The summed E-state index contributed by atoms with van der Waals surface area (Å²) in [5.41, 5.74) is 2.34. The molecule has 4 rings (SSSR count). The smallest absolute Gasteiger partial charge is 0.253 e. The molecule has 2 aliphatic heterocycles.